The van der Waals surface area contributed by atoms with Gasteiger partial charge in [0.25, 0.3) is 0 Å². The van der Waals surface area contributed by atoms with Gasteiger partial charge in [-0.15, -0.1) is 0 Å². The van der Waals surface area contributed by atoms with Gasteiger partial charge in [0, 0.05) is 18.4 Å². The van der Waals surface area contributed by atoms with Crippen LogP contribution in [0.2, 0.25) is 0 Å². The van der Waals surface area contributed by atoms with Gasteiger partial charge in [0.05, 0.1) is 0 Å². The lowest BCUT2D eigenvalue weighted by molar-refractivity contribution is 0.560. The maximum absolute atomic E-state index is 11.3. The first-order valence-corrected chi connectivity index (χ1v) is 4.96. The summed E-state index contributed by atoms with van der Waals surface area (Å²) < 4.78 is 10.6. The first-order chi connectivity index (χ1) is 7.65. The van der Waals surface area contributed by atoms with Crippen molar-refractivity contribution in [1.82, 2.24) is 4.98 Å². The monoisotopic (exact) mass is 215 g/mol. The van der Waals surface area contributed by atoms with Gasteiger partial charge in [-0.05, 0) is 24.6 Å². The Kier molecular flexibility index (Phi) is 1.68. The summed E-state index contributed by atoms with van der Waals surface area (Å²) in [5.74, 6) is 0.562. The Bertz CT molecular complexity index is 752. The van der Waals surface area contributed by atoms with Crippen LogP contribution < -0.4 is 5.63 Å². The van der Waals surface area contributed by atoms with Gasteiger partial charge in [-0.3, -0.25) is 0 Å². The molecule has 0 N–H and O–H groups in total. The molecule has 2 aromatic heterocycles. The van der Waals surface area contributed by atoms with E-state index in [4.69, 9.17) is 8.83 Å². The van der Waals surface area contributed by atoms with E-state index in [1.807, 2.05) is 19.1 Å². The molecule has 0 aliphatic heterocycles. The highest BCUT2D eigenvalue weighted by Crippen LogP contribution is 2.26. The van der Waals surface area contributed by atoms with Crippen molar-refractivity contribution < 1.29 is 8.83 Å². The third kappa shape index (κ3) is 1.16. The van der Waals surface area contributed by atoms with Crippen molar-refractivity contribution in [3.05, 3.63) is 40.1 Å². The predicted octanol–water partition coefficient (Wildman–Crippen LogP) is 2.55. The number of fused-ring (bicyclic) bond motifs is 3. The number of oxazole rings is 1. The van der Waals surface area contributed by atoms with Crippen molar-refractivity contribution in [1.29, 1.82) is 0 Å². The number of hydrogen-bond donors (Lipinski definition) is 0. The summed E-state index contributed by atoms with van der Waals surface area (Å²) in [4.78, 5) is 15.6. The Morgan fingerprint density at radius 1 is 1.19 bits per heavy atom. The second-order valence-corrected chi connectivity index (χ2v) is 3.77. The second-order valence-electron chi connectivity index (χ2n) is 3.77. The molecule has 0 spiro atoms. The van der Waals surface area contributed by atoms with Crippen molar-refractivity contribution in [2.24, 2.45) is 0 Å². The van der Waals surface area contributed by atoms with E-state index in [1.54, 1.807) is 6.92 Å². The molecule has 0 aliphatic rings. The lowest BCUT2D eigenvalue weighted by atomic mass is 10.1. The minimum Gasteiger partial charge on any atom is -0.441 e. The zero-order chi connectivity index (χ0) is 11.3. The molecule has 4 nitrogen and oxygen atoms in total. The Morgan fingerprint density at radius 2 is 2.00 bits per heavy atom. The van der Waals surface area contributed by atoms with E-state index >= 15 is 0 Å². The van der Waals surface area contributed by atoms with Crippen molar-refractivity contribution in [3.8, 4) is 0 Å². The average molecular weight is 215 g/mol. The molecule has 2 heterocycles. The van der Waals surface area contributed by atoms with Crippen LogP contribution >= 0.6 is 0 Å². The third-order valence-corrected chi connectivity index (χ3v) is 2.58. The first-order valence-electron chi connectivity index (χ1n) is 4.96. The summed E-state index contributed by atoms with van der Waals surface area (Å²) >= 11 is 0. The zero-order valence-electron chi connectivity index (χ0n) is 8.90. The standard InChI is InChI=1S/C12H9NO3/c1-6-5-10(14)16-12-8(6)3-4-9-11(12)13-7(2)15-9/h3-5H,1-2H3. The molecule has 80 valence electrons. The van der Waals surface area contributed by atoms with E-state index in [0.29, 0.717) is 22.6 Å². The van der Waals surface area contributed by atoms with Gasteiger partial charge in [-0.25, -0.2) is 9.78 Å². The molecule has 16 heavy (non-hydrogen) atoms. The van der Waals surface area contributed by atoms with Crippen LogP contribution in [0.1, 0.15) is 11.5 Å². The van der Waals surface area contributed by atoms with Crippen LogP contribution in [0, 0.1) is 13.8 Å². The second kappa shape index (κ2) is 2.95. The molecule has 0 aliphatic carbocycles. The van der Waals surface area contributed by atoms with Crippen LogP contribution in [0.15, 0.2) is 31.8 Å². The molecule has 0 unspecified atom stereocenters. The van der Waals surface area contributed by atoms with Gasteiger partial charge in [0.1, 0.15) is 0 Å². The Morgan fingerprint density at radius 3 is 2.81 bits per heavy atom. The number of aromatic nitrogens is 1. The summed E-state index contributed by atoms with van der Waals surface area (Å²) in [6.45, 7) is 3.64. The summed E-state index contributed by atoms with van der Waals surface area (Å²) in [6, 6.07) is 5.19. The highest BCUT2D eigenvalue weighted by atomic mass is 16.4. The molecular formula is C12H9NO3. The van der Waals surface area contributed by atoms with Gasteiger partial charge in [-0.1, -0.05) is 0 Å². The highest BCUT2D eigenvalue weighted by Gasteiger charge is 2.10. The van der Waals surface area contributed by atoms with Crippen LogP contribution in [0.5, 0.6) is 0 Å². The van der Waals surface area contributed by atoms with Crippen LogP contribution in [0.4, 0.5) is 0 Å². The van der Waals surface area contributed by atoms with E-state index in [9.17, 15) is 4.79 Å². The number of rotatable bonds is 0. The Labute approximate surface area is 90.5 Å². The first kappa shape index (κ1) is 9.15. The van der Waals surface area contributed by atoms with E-state index in [2.05, 4.69) is 4.98 Å². The quantitative estimate of drug-likeness (QED) is 0.541. The smallest absolute Gasteiger partial charge is 0.336 e. The molecule has 4 heteroatoms. The Hall–Kier alpha value is -2.10. The molecule has 0 saturated heterocycles. The molecule has 0 radical (unpaired) electrons. The van der Waals surface area contributed by atoms with Gasteiger partial charge in [0.15, 0.2) is 22.6 Å². The lowest BCUT2D eigenvalue weighted by Gasteiger charge is -1.99. The van der Waals surface area contributed by atoms with E-state index in [1.165, 1.54) is 6.07 Å². The average Bonchev–Trinajstić information content (AvgIpc) is 2.58. The number of hydrogen-bond acceptors (Lipinski definition) is 4. The van der Waals surface area contributed by atoms with Crippen LogP contribution in [0.3, 0.4) is 0 Å². The zero-order valence-corrected chi connectivity index (χ0v) is 8.90. The molecule has 0 fully saturated rings. The fourth-order valence-corrected chi connectivity index (χ4v) is 1.88. The molecule has 1 aromatic carbocycles. The van der Waals surface area contributed by atoms with E-state index < -0.39 is 0 Å². The fraction of sp³-hybridized carbons (Fsp3) is 0.167. The van der Waals surface area contributed by atoms with Crippen molar-refractivity contribution in [3.63, 3.8) is 0 Å². The molecule has 0 bridgehead atoms. The minimum absolute atomic E-state index is 0.363. The molecule has 0 saturated carbocycles. The van der Waals surface area contributed by atoms with Crippen molar-refractivity contribution >= 4 is 22.1 Å². The number of aryl methyl sites for hydroxylation is 2. The van der Waals surface area contributed by atoms with E-state index in [-0.39, 0.29) is 5.63 Å². The van der Waals surface area contributed by atoms with Gasteiger partial charge in [-0.2, -0.15) is 0 Å². The maximum atomic E-state index is 11.3. The molecular weight excluding hydrogens is 206 g/mol. The largest absolute Gasteiger partial charge is 0.441 e. The molecule has 3 rings (SSSR count). The summed E-state index contributed by atoms with van der Waals surface area (Å²) in [5.41, 5.74) is 2.26. The summed E-state index contributed by atoms with van der Waals surface area (Å²) in [6.07, 6.45) is 0. The summed E-state index contributed by atoms with van der Waals surface area (Å²) in [5, 5.41) is 0.889. The van der Waals surface area contributed by atoms with Gasteiger partial charge >= 0.3 is 5.63 Å². The topological polar surface area (TPSA) is 56.2 Å². The minimum atomic E-state index is -0.363. The molecule has 0 atom stereocenters. The normalized spacial score (nSPS) is 11.4. The number of benzene rings is 1. The van der Waals surface area contributed by atoms with Crippen LogP contribution in [0.25, 0.3) is 22.1 Å². The highest BCUT2D eigenvalue weighted by molar-refractivity contribution is 6.00. The van der Waals surface area contributed by atoms with Gasteiger partial charge in [0.2, 0.25) is 0 Å². The van der Waals surface area contributed by atoms with E-state index in [0.717, 1.165) is 10.9 Å². The third-order valence-electron chi connectivity index (χ3n) is 2.58. The maximum Gasteiger partial charge on any atom is 0.336 e. The molecule has 0 amide bonds. The number of nitrogens with zero attached hydrogens (tertiary/aromatic N) is 1. The van der Waals surface area contributed by atoms with Crippen molar-refractivity contribution in [2.45, 2.75) is 13.8 Å². The fourth-order valence-electron chi connectivity index (χ4n) is 1.88. The lowest BCUT2D eigenvalue weighted by Crippen LogP contribution is -1.97. The van der Waals surface area contributed by atoms with Crippen LogP contribution in [-0.2, 0) is 0 Å². The van der Waals surface area contributed by atoms with Gasteiger partial charge < -0.3 is 8.83 Å². The SMILES string of the molecule is Cc1nc2c(ccc3c(C)cc(=O)oc32)o1. The predicted molar refractivity (Wildman–Crippen MR) is 59.5 cm³/mol. The summed E-state index contributed by atoms with van der Waals surface area (Å²) in [7, 11) is 0. The Balaban J connectivity index is 2.63. The van der Waals surface area contributed by atoms with Crippen LogP contribution in [-0.4, -0.2) is 4.98 Å². The molecule has 3 aromatic rings. The van der Waals surface area contributed by atoms with Crippen molar-refractivity contribution in [2.75, 3.05) is 0 Å².